The summed E-state index contributed by atoms with van der Waals surface area (Å²) >= 11 is 6.19. The molecule has 35 heavy (non-hydrogen) atoms. The fourth-order valence-corrected chi connectivity index (χ4v) is 5.02. The number of halogens is 1. The van der Waals surface area contributed by atoms with Crippen LogP contribution in [0.4, 0.5) is 5.69 Å². The molecule has 0 spiro atoms. The Balaban J connectivity index is 2.19. The van der Waals surface area contributed by atoms with Gasteiger partial charge in [0.25, 0.3) is 0 Å². The Labute approximate surface area is 213 Å². The molecule has 0 fully saturated rings. The van der Waals surface area contributed by atoms with Crippen molar-refractivity contribution in [3.63, 3.8) is 0 Å². The number of ether oxygens (including phenoxy) is 1. The van der Waals surface area contributed by atoms with Crippen LogP contribution in [-0.2, 0) is 26.2 Å². The molecule has 0 saturated heterocycles. The van der Waals surface area contributed by atoms with Gasteiger partial charge in [-0.25, -0.2) is 8.42 Å². The zero-order chi connectivity index (χ0) is 26.0. The smallest absolute Gasteiger partial charge is 0.242 e. The first-order chi connectivity index (χ1) is 16.6. The highest BCUT2D eigenvalue weighted by molar-refractivity contribution is 7.92. The molecule has 0 aromatic heterocycles. The van der Waals surface area contributed by atoms with Gasteiger partial charge in [-0.2, -0.15) is 0 Å². The highest BCUT2D eigenvalue weighted by Crippen LogP contribution is 2.30. The molecule has 0 unspecified atom stereocenters. The van der Waals surface area contributed by atoms with E-state index < -0.39 is 16.1 Å². The molecule has 0 heterocycles. The average Bonchev–Trinajstić information content (AvgIpc) is 2.81. The molecule has 0 saturated carbocycles. The van der Waals surface area contributed by atoms with Crippen molar-refractivity contribution in [2.45, 2.75) is 45.7 Å². The van der Waals surface area contributed by atoms with Crippen molar-refractivity contribution in [3.8, 4) is 5.75 Å². The number of benzene rings is 2. The number of anilines is 1. The Kier molecular flexibility index (Phi) is 10.9. The van der Waals surface area contributed by atoms with Crippen LogP contribution >= 0.6 is 11.6 Å². The summed E-state index contributed by atoms with van der Waals surface area (Å²) in [7, 11) is -2.14. The minimum Gasteiger partial charge on any atom is -0.495 e. The quantitative estimate of drug-likeness (QED) is 0.430. The summed E-state index contributed by atoms with van der Waals surface area (Å²) < 4.78 is 31.3. The summed E-state index contributed by atoms with van der Waals surface area (Å²) in [6, 6.07) is 13.6. The number of sulfonamides is 1. The lowest BCUT2D eigenvalue weighted by atomic mass is 10.1. The van der Waals surface area contributed by atoms with E-state index in [0.29, 0.717) is 30.9 Å². The molecule has 0 bridgehead atoms. The maximum Gasteiger partial charge on any atom is 0.242 e. The zero-order valence-corrected chi connectivity index (χ0v) is 22.2. The van der Waals surface area contributed by atoms with Gasteiger partial charge in [0.15, 0.2) is 0 Å². The van der Waals surface area contributed by atoms with Gasteiger partial charge in [-0.3, -0.25) is 13.9 Å². The fourth-order valence-electron chi connectivity index (χ4n) is 3.81. The average molecular weight is 524 g/mol. The summed E-state index contributed by atoms with van der Waals surface area (Å²) in [6.45, 7) is 4.54. The lowest BCUT2D eigenvalue weighted by Gasteiger charge is -2.31. The van der Waals surface area contributed by atoms with E-state index in [4.69, 9.17) is 16.3 Å². The monoisotopic (exact) mass is 523 g/mol. The molecule has 2 rings (SSSR count). The predicted octanol–water partition coefficient (Wildman–Crippen LogP) is 3.84. The van der Waals surface area contributed by atoms with Crippen LogP contribution in [0.5, 0.6) is 5.75 Å². The van der Waals surface area contributed by atoms with Crippen LogP contribution < -0.4 is 14.4 Å². The first-order valence-corrected chi connectivity index (χ1v) is 13.8. The van der Waals surface area contributed by atoms with Crippen molar-refractivity contribution in [2.75, 3.05) is 30.8 Å². The standard InChI is InChI=1S/C25H34ClN3O5S/c1-5-22(25(31)27-6-2)28(18-19-11-8-7-9-12-19)24(30)13-10-16-29(35(4,32)33)20-14-15-23(34-3)21(26)17-20/h7-9,11-12,14-15,17,22H,5-6,10,13,16,18H2,1-4H3,(H,27,31)/t22-/m0/s1. The lowest BCUT2D eigenvalue weighted by Crippen LogP contribution is -2.49. The van der Waals surface area contributed by atoms with Gasteiger partial charge in [0.1, 0.15) is 11.8 Å². The molecule has 0 aliphatic heterocycles. The van der Waals surface area contributed by atoms with Crippen LogP contribution in [0.25, 0.3) is 0 Å². The largest absolute Gasteiger partial charge is 0.495 e. The van der Waals surface area contributed by atoms with Crippen LogP contribution in [0.2, 0.25) is 5.02 Å². The highest BCUT2D eigenvalue weighted by atomic mass is 35.5. The van der Waals surface area contributed by atoms with E-state index in [1.54, 1.807) is 17.0 Å². The normalized spacial score (nSPS) is 12.0. The third-order valence-corrected chi connectivity index (χ3v) is 7.00. The predicted molar refractivity (Wildman–Crippen MR) is 139 cm³/mol. The number of carbonyl (C=O) groups is 2. The molecular formula is C25H34ClN3O5S. The first kappa shape index (κ1) is 28.5. The van der Waals surface area contributed by atoms with Gasteiger partial charge < -0.3 is 15.0 Å². The zero-order valence-electron chi connectivity index (χ0n) is 20.7. The van der Waals surface area contributed by atoms with E-state index >= 15 is 0 Å². The maximum atomic E-state index is 13.3. The number of nitrogens with one attached hydrogen (secondary N) is 1. The van der Waals surface area contributed by atoms with Crippen molar-refractivity contribution in [1.29, 1.82) is 0 Å². The molecule has 1 N–H and O–H groups in total. The van der Waals surface area contributed by atoms with Gasteiger partial charge in [0.2, 0.25) is 21.8 Å². The fraction of sp³-hybridized carbons (Fsp3) is 0.440. The number of rotatable bonds is 13. The Hall–Kier alpha value is -2.78. The Morgan fingerprint density at radius 2 is 1.80 bits per heavy atom. The van der Waals surface area contributed by atoms with Crippen LogP contribution in [0.3, 0.4) is 0 Å². The topological polar surface area (TPSA) is 96.0 Å². The van der Waals surface area contributed by atoms with E-state index in [9.17, 15) is 18.0 Å². The molecule has 1 atom stereocenters. The number of hydrogen-bond acceptors (Lipinski definition) is 5. The number of nitrogens with zero attached hydrogens (tertiary/aromatic N) is 2. The minimum atomic E-state index is -3.62. The number of amides is 2. The van der Waals surface area contributed by atoms with E-state index in [1.165, 1.54) is 17.5 Å². The molecule has 2 aromatic carbocycles. The second-order valence-corrected chi connectivity index (χ2v) is 10.4. The van der Waals surface area contributed by atoms with Gasteiger partial charge in [-0.05, 0) is 43.5 Å². The molecule has 192 valence electrons. The molecular weight excluding hydrogens is 490 g/mol. The third kappa shape index (κ3) is 8.14. The second kappa shape index (κ2) is 13.3. The van der Waals surface area contributed by atoms with Crippen molar-refractivity contribution >= 4 is 39.1 Å². The van der Waals surface area contributed by atoms with Crippen LogP contribution in [0.15, 0.2) is 48.5 Å². The minimum absolute atomic E-state index is 0.0820. The van der Waals surface area contributed by atoms with Gasteiger partial charge in [-0.1, -0.05) is 48.9 Å². The second-order valence-electron chi connectivity index (χ2n) is 8.08. The summed E-state index contributed by atoms with van der Waals surface area (Å²) in [6.07, 6.45) is 1.92. The van der Waals surface area contributed by atoms with Gasteiger partial charge >= 0.3 is 0 Å². The maximum absolute atomic E-state index is 13.3. The summed E-state index contributed by atoms with van der Waals surface area (Å²) in [5.74, 6) is 0.0182. The van der Waals surface area contributed by atoms with Crippen LogP contribution in [0, 0.1) is 0 Å². The van der Waals surface area contributed by atoms with Crippen molar-refractivity contribution < 1.29 is 22.7 Å². The molecule has 0 aliphatic carbocycles. The highest BCUT2D eigenvalue weighted by Gasteiger charge is 2.28. The lowest BCUT2D eigenvalue weighted by molar-refractivity contribution is -0.141. The van der Waals surface area contributed by atoms with Gasteiger partial charge in [-0.15, -0.1) is 0 Å². The first-order valence-electron chi connectivity index (χ1n) is 11.5. The molecule has 0 radical (unpaired) electrons. The van der Waals surface area contributed by atoms with Crippen molar-refractivity contribution in [1.82, 2.24) is 10.2 Å². The van der Waals surface area contributed by atoms with E-state index in [1.807, 2.05) is 44.2 Å². The Bertz CT molecular complexity index is 1100. The van der Waals surface area contributed by atoms with Crippen molar-refractivity contribution in [3.05, 3.63) is 59.1 Å². The van der Waals surface area contributed by atoms with Crippen LogP contribution in [0.1, 0.15) is 38.7 Å². The van der Waals surface area contributed by atoms with Crippen molar-refractivity contribution in [2.24, 2.45) is 0 Å². The Morgan fingerprint density at radius 3 is 2.34 bits per heavy atom. The molecule has 2 amide bonds. The SMILES string of the molecule is CCNC(=O)[C@H](CC)N(Cc1ccccc1)C(=O)CCCN(c1ccc(OC)c(Cl)c1)S(C)(=O)=O. The number of likely N-dealkylation sites (N-methyl/N-ethyl adjacent to an activating group) is 1. The number of hydrogen-bond donors (Lipinski definition) is 1. The van der Waals surface area contributed by atoms with Gasteiger partial charge in [0.05, 0.1) is 24.1 Å². The summed E-state index contributed by atoms with van der Waals surface area (Å²) in [4.78, 5) is 27.6. The van der Waals surface area contributed by atoms with E-state index in [0.717, 1.165) is 11.8 Å². The number of methoxy groups -OCH3 is 1. The Morgan fingerprint density at radius 1 is 1.11 bits per heavy atom. The number of carbonyl (C=O) groups excluding carboxylic acids is 2. The summed E-state index contributed by atoms with van der Waals surface area (Å²) in [5, 5.41) is 3.09. The van der Waals surface area contributed by atoms with Gasteiger partial charge in [0, 0.05) is 26.1 Å². The molecule has 8 nitrogen and oxygen atoms in total. The molecule has 0 aliphatic rings. The third-order valence-electron chi connectivity index (χ3n) is 5.51. The summed E-state index contributed by atoms with van der Waals surface area (Å²) in [5.41, 5.74) is 1.30. The molecule has 2 aromatic rings. The molecule has 10 heteroatoms. The van der Waals surface area contributed by atoms with E-state index in [-0.39, 0.29) is 36.2 Å². The van der Waals surface area contributed by atoms with E-state index in [2.05, 4.69) is 5.32 Å². The van der Waals surface area contributed by atoms with Crippen LogP contribution in [-0.4, -0.2) is 57.6 Å².